The zero-order valence-corrected chi connectivity index (χ0v) is 23.2. The molecule has 1 aliphatic carbocycles. The summed E-state index contributed by atoms with van der Waals surface area (Å²) in [5.74, 6) is -0.793. The van der Waals surface area contributed by atoms with E-state index in [4.69, 9.17) is 9.47 Å². The lowest BCUT2D eigenvalue weighted by Gasteiger charge is -2.45. The molecule has 2 aromatic carbocycles. The third-order valence-corrected chi connectivity index (χ3v) is 8.85. The second-order valence-electron chi connectivity index (χ2n) is 11.1. The SMILES string of the molecule is COC(=O)c1ccc(-c2cn(CCc3c([C@@H]4C[C@H]5C(CC[C@H](O)[C@@H]5C(=O)OC)CN4)[nH]c4ccccc34)nn2)cc1. The summed E-state index contributed by atoms with van der Waals surface area (Å²) in [7, 11) is 2.77. The van der Waals surface area contributed by atoms with E-state index in [1.165, 1.54) is 25.2 Å². The van der Waals surface area contributed by atoms with Crippen molar-refractivity contribution in [2.45, 2.75) is 44.4 Å². The van der Waals surface area contributed by atoms with Gasteiger partial charge in [-0.3, -0.25) is 9.48 Å². The van der Waals surface area contributed by atoms with Gasteiger partial charge in [-0.1, -0.05) is 35.5 Å². The third-order valence-electron chi connectivity index (χ3n) is 8.85. The predicted molar refractivity (Wildman–Crippen MR) is 152 cm³/mol. The molecule has 1 unspecified atom stereocenters. The fourth-order valence-electron chi connectivity index (χ4n) is 6.74. The molecule has 2 aliphatic rings. The number of aromatic nitrogens is 4. The number of aromatic amines is 1. The zero-order chi connectivity index (χ0) is 28.5. The van der Waals surface area contributed by atoms with Crippen LogP contribution >= 0.6 is 0 Å². The highest BCUT2D eigenvalue weighted by atomic mass is 16.5. The molecule has 5 atom stereocenters. The number of carbonyl (C=O) groups is 2. The van der Waals surface area contributed by atoms with E-state index in [0.717, 1.165) is 48.3 Å². The Bertz CT molecular complexity index is 1540. The summed E-state index contributed by atoms with van der Waals surface area (Å²) in [5.41, 5.74) is 5.48. The molecule has 214 valence electrons. The van der Waals surface area contributed by atoms with Crippen molar-refractivity contribution in [3.63, 3.8) is 0 Å². The molecule has 10 nitrogen and oxygen atoms in total. The van der Waals surface area contributed by atoms with Crippen LogP contribution in [0.4, 0.5) is 0 Å². The highest BCUT2D eigenvalue weighted by molar-refractivity contribution is 5.89. The quantitative estimate of drug-likeness (QED) is 0.294. The number of benzene rings is 2. The highest BCUT2D eigenvalue weighted by Gasteiger charge is 2.46. The van der Waals surface area contributed by atoms with Gasteiger partial charge in [-0.2, -0.15) is 0 Å². The Labute approximate surface area is 238 Å². The summed E-state index contributed by atoms with van der Waals surface area (Å²) < 4.78 is 11.7. The molecule has 3 N–H and O–H groups in total. The lowest BCUT2D eigenvalue weighted by molar-refractivity contribution is -0.157. The van der Waals surface area contributed by atoms with Gasteiger partial charge in [0.2, 0.25) is 0 Å². The van der Waals surface area contributed by atoms with Crippen LogP contribution in [0.1, 0.15) is 46.9 Å². The Morgan fingerprint density at radius 1 is 1.07 bits per heavy atom. The number of hydrogen-bond acceptors (Lipinski definition) is 8. The molecule has 4 aromatic rings. The zero-order valence-electron chi connectivity index (χ0n) is 23.2. The maximum atomic E-state index is 12.7. The van der Waals surface area contributed by atoms with E-state index < -0.39 is 12.0 Å². The first-order chi connectivity index (χ1) is 20.0. The molecule has 1 aliphatic heterocycles. The number of H-pyrrole nitrogens is 1. The molecule has 0 bridgehead atoms. The maximum Gasteiger partial charge on any atom is 0.337 e. The summed E-state index contributed by atoms with van der Waals surface area (Å²) in [6.45, 7) is 1.43. The summed E-state index contributed by atoms with van der Waals surface area (Å²) in [5, 5.41) is 24.3. The summed E-state index contributed by atoms with van der Waals surface area (Å²) >= 11 is 0. The van der Waals surface area contributed by atoms with E-state index in [2.05, 4.69) is 32.7 Å². The van der Waals surface area contributed by atoms with Gasteiger partial charge in [-0.25, -0.2) is 4.79 Å². The van der Waals surface area contributed by atoms with E-state index in [-0.39, 0.29) is 23.9 Å². The van der Waals surface area contributed by atoms with Gasteiger partial charge >= 0.3 is 11.9 Å². The molecule has 2 fully saturated rings. The van der Waals surface area contributed by atoms with Gasteiger partial charge in [0.25, 0.3) is 0 Å². The lowest BCUT2D eigenvalue weighted by atomic mass is 9.66. The number of ether oxygens (including phenoxy) is 2. The largest absolute Gasteiger partial charge is 0.469 e. The number of aryl methyl sites for hydroxylation is 2. The van der Waals surface area contributed by atoms with Crippen LogP contribution in [0, 0.1) is 17.8 Å². The van der Waals surface area contributed by atoms with Crippen molar-refractivity contribution in [1.29, 1.82) is 0 Å². The van der Waals surface area contributed by atoms with Gasteiger partial charge in [0.1, 0.15) is 5.69 Å². The number of nitrogens with zero attached hydrogens (tertiary/aromatic N) is 3. The van der Waals surface area contributed by atoms with E-state index in [1.807, 2.05) is 35.1 Å². The number of para-hydroxylation sites is 1. The molecule has 10 heteroatoms. The number of carbonyl (C=O) groups excluding carboxylic acids is 2. The minimum Gasteiger partial charge on any atom is -0.469 e. The van der Waals surface area contributed by atoms with E-state index in [9.17, 15) is 14.7 Å². The molecule has 1 saturated carbocycles. The summed E-state index contributed by atoms with van der Waals surface area (Å²) in [6.07, 6.45) is 4.26. The Kier molecular flexibility index (Phi) is 7.59. The first-order valence-electron chi connectivity index (χ1n) is 14.1. The molecule has 41 heavy (non-hydrogen) atoms. The van der Waals surface area contributed by atoms with Crippen LogP contribution in [0.15, 0.2) is 54.7 Å². The number of esters is 2. The first kappa shape index (κ1) is 27.2. The number of aliphatic hydroxyl groups excluding tert-OH is 1. The number of methoxy groups -OCH3 is 2. The summed E-state index contributed by atoms with van der Waals surface area (Å²) in [4.78, 5) is 28.1. The standard InChI is InChI=1S/C31H35N5O5/c1-40-30(38)19-9-7-18(8-10-19)26-17-36(35-34-26)14-13-22-21-5-3-4-6-24(21)33-29(22)25-15-23-20(16-32-25)11-12-27(37)28(23)31(39)41-2/h3-10,17,20,23,25,27-28,32-33,37H,11-16H2,1-2H3/t20?,23-,25-,27-,28+/m0/s1. The van der Waals surface area contributed by atoms with Crippen LogP contribution in [-0.2, 0) is 27.2 Å². The third kappa shape index (κ3) is 5.25. The van der Waals surface area contributed by atoms with Gasteiger partial charge in [-0.15, -0.1) is 5.10 Å². The fourth-order valence-corrected chi connectivity index (χ4v) is 6.74. The number of aliphatic hydroxyl groups is 1. The van der Waals surface area contributed by atoms with Crippen molar-refractivity contribution in [2.24, 2.45) is 17.8 Å². The van der Waals surface area contributed by atoms with Crippen LogP contribution in [0.2, 0.25) is 0 Å². The number of hydrogen-bond donors (Lipinski definition) is 3. The van der Waals surface area contributed by atoms with Gasteiger partial charge < -0.3 is 24.9 Å². The second kappa shape index (κ2) is 11.5. The average molecular weight is 558 g/mol. The topological polar surface area (TPSA) is 131 Å². The Balaban J connectivity index is 1.23. The van der Waals surface area contributed by atoms with Gasteiger partial charge in [-0.05, 0) is 67.8 Å². The van der Waals surface area contributed by atoms with Gasteiger partial charge in [0.05, 0.1) is 38.0 Å². The van der Waals surface area contributed by atoms with Crippen LogP contribution in [0.25, 0.3) is 22.2 Å². The highest BCUT2D eigenvalue weighted by Crippen LogP contribution is 2.44. The Morgan fingerprint density at radius 2 is 1.88 bits per heavy atom. The van der Waals surface area contributed by atoms with Crippen molar-refractivity contribution in [3.8, 4) is 11.3 Å². The number of fused-ring (bicyclic) bond motifs is 2. The molecular formula is C31H35N5O5. The summed E-state index contributed by atoms with van der Waals surface area (Å²) in [6, 6.07) is 15.4. The van der Waals surface area contributed by atoms with Crippen LogP contribution < -0.4 is 5.32 Å². The average Bonchev–Trinajstić information content (AvgIpc) is 3.64. The van der Waals surface area contributed by atoms with Gasteiger partial charge in [0, 0.05) is 34.7 Å². The van der Waals surface area contributed by atoms with Crippen LogP contribution in [-0.4, -0.2) is 63.9 Å². The van der Waals surface area contributed by atoms with Crippen molar-refractivity contribution in [3.05, 3.63) is 71.5 Å². The predicted octanol–water partition coefficient (Wildman–Crippen LogP) is 3.67. The molecule has 0 spiro atoms. The minimum absolute atomic E-state index is 0.0238. The van der Waals surface area contributed by atoms with E-state index >= 15 is 0 Å². The lowest BCUT2D eigenvalue weighted by Crippen LogP contribution is -2.50. The Morgan fingerprint density at radius 3 is 2.66 bits per heavy atom. The van der Waals surface area contributed by atoms with Crippen LogP contribution in [0.3, 0.4) is 0 Å². The molecular weight excluding hydrogens is 522 g/mol. The second-order valence-corrected chi connectivity index (χ2v) is 11.1. The minimum atomic E-state index is -0.664. The number of rotatable bonds is 7. The van der Waals surface area contributed by atoms with E-state index in [1.54, 1.807) is 12.1 Å². The number of piperidine rings is 1. The molecule has 1 saturated heterocycles. The maximum absolute atomic E-state index is 12.7. The Hall–Kier alpha value is -4.02. The molecule has 0 amide bonds. The molecule has 0 radical (unpaired) electrons. The molecule has 6 rings (SSSR count). The van der Waals surface area contributed by atoms with Crippen molar-refractivity contribution in [1.82, 2.24) is 25.3 Å². The molecule has 3 heterocycles. The van der Waals surface area contributed by atoms with Crippen LogP contribution in [0.5, 0.6) is 0 Å². The van der Waals surface area contributed by atoms with E-state index in [0.29, 0.717) is 24.4 Å². The monoisotopic (exact) mass is 557 g/mol. The fraction of sp³-hybridized carbons (Fsp3) is 0.419. The van der Waals surface area contributed by atoms with Crippen molar-refractivity contribution >= 4 is 22.8 Å². The smallest absolute Gasteiger partial charge is 0.337 e. The number of nitrogens with one attached hydrogen (secondary N) is 2. The normalized spacial score (nSPS) is 24.1. The molecule has 2 aromatic heterocycles. The van der Waals surface area contributed by atoms with Gasteiger partial charge in [0.15, 0.2) is 0 Å². The first-order valence-corrected chi connectivity index (χ1v) is 14.1. The van der Waals surface area contributed by atoms with Crippen molar-refractivity contribution in [2.75, 3.05) is 20.8 Å². The van der Waals surface area contributed by atoms with Crippen molar-refractivity contribution < 1.29 is 24.2 Å².